The molecule has 0 radical (unpaired) electrons. The van der Waals surface area contributed by atoms with Gasteiger partial charge in [0, 0.05) is 32.1 Å². The van der Waals surface area contributed by atoms with Crippen molar-refractivity contribution in [3.63, 3.8) is 0 Å². The molecule has 1 saturated heterocycles. The number of hydrogen-bond donors (Lipinski definition) is 0. The van der Waals surface area contributed by atoms with Crippen LogP contribution in [0, 0.1) is 5.92 Å². The van der Waals surface area contributed by atoms with Crippen molar-refractivity contribution >= 4 is 11.9 Å². The minimum atomic E-state index is -0.278. The SMILES string of the molecule is CCOC(=O)CCC(=O)N1CCC(CN(C)C(C)C)CC1. The monoisotopic (exact) mass is 298 g/mol. The predicted molar refractivity (Wildman–Crippen MR) is 82.9 cm³/mol. The van der Waals surface area contributed by atoms with Gasteiger partial charge in [-0.1, -0.05) is 0 Å². The molecule has 5 heteroatoms. The molecule has 0 bridgehead atoms. The summed E-state index contributed by atoms with van der Waals surface area (Å²) in [5, 5.41) is 0. The number of likely N-dealkylation sites (tertiary alicyclic amines) is 1. The highest BCUT2D eigenvalue weighted by Gasteiger charge is 2.24. The zero-order valence-corrected chi connectivity index (χ0v) is 13.9. The van der Waals surface area contributed by atoms with E-state index in [-0.39, 0.29) is 24.7 Å². The summed E-state index contributed by atoms with van der Waals surface area (Å²) in [5.74, 6) is 0.476. The van der Waals surface area contributed by atoms with Crippen molar-refractivity contribution in [2.45, 2.75) is 52.5 Å². The summed E-state index contributed by atoms with van der Waals surface area (Å²) in [6.07, 6.45) is 2.59. The molecule has 0 aromatic rings. The maximum Gasteiger partial charge on any atom is 0.306 e. The molecular formula is C16H30N2O3. The molecule has 0 atom stereocenters. The van der Waals surface area contributed by atoms with Gasteiger partial charge in [0.15, 0.2) is 0 Å². The van der Waals surface area contributed by atoms with Crippen LogP contribution in [0.1, 0.15) is 46.5 Å². The quantitative estimate of drug-likeness (QED) is 0.674. The first-order valence-electron chi connectivity index (χ1n) is 8.07. The summed E-state index contributed by atoms with van der Waals surface area (Å²) in [6, 6.07) is 0.564. The van der Waals surface area contributed by atoms with Crippen LogP contribution in [-0.4, -0.2) is 61.0 Å². The molecule has 0 aromatic carbocycles. The summed E-state index contributed by atoms with van der Waals surface area (Å²) >= 11 is 0. The minimum absolute atomic E-state index is 0.0821. The second kappa shape index (κ2) is 9.03. The van der Waals surface area contributed by atoms with Crippen molar-refractivity contribution in [3.05, 3.63) is 0 Å². The fraction of sp³-hybridized carbons (Fsp3) is 0.875. The molecule has 0 aromatic heterocycles. The van der Waals surface area contributed by atoms with Gasteiger partial charge in [-0.25, -0.2) is 0 Å². The van der Waals surface area contributed by atoms with Crippen molar-refractivity contribution in [1.82, 2.24) is 9.80 Å². The van der Waals surface area contributed by atoms with Crippen LogP contribution in [0.5, 0.6) is 0 Å². The number of piperidine rings is 1. The molecular weight excluding hydrogens is 268 g/mol. The number of ether oxygens (including phenoxy) is 1. The number of rotatable bonds is 7. The lowest BCUT2D eigenvalue weighted by Crippen LogP contribution is -2.42. The Morgan fingerprint density at radius 2 is 1.86 bits per heavy atom. The van der Waals surface area contributed by atoms with E-state index >= 15 is 0 Å². The van der Waals surface area contributed by atoms with Gasteiger partial charge in [0.1, 0.15) is 0 Å². The molecule has 0 N–H and O–H groups in total. The number of amides is 1. The van der Waals surface area contributed by atoms with E-state index in [0.717, 1.165) is 32.5 Å². The van der Waals surface area contributed by atoms with Gasteiger partial charge in [-0.2, -0.15) is 0 Å². The number of nitrogens with zero attached hydrogens (tertiary/aromatic N) is 2. The minimum Gasteiger partial charge on any atom is -0.466 e. The van der Waals surface area contributed by atoms with Crippen molar-refractivity contribution in [2.24, 2.45) is 5.92 Å². The zero-order valence-electron chi connectivity index (χ0n) is 13.9. The van der Waals surface area contributed by atoms with E-state index in [1.165, 1.54) is 0 Å². The molecule has 1 fully saturated rings. The highest BCUT2D eigenvalue weighted by atomic mass is 16.5. The van der Waals surface area contributed by atoms with E-state index in [2.05, 4.69) is 25.8 Å². The molecule has 21 heavy (non-hydrogen) atoms. The largest absolute Gasteiger partial charge is 0.466 e. The normalized spacial score (nSPS) is 16.6. The topological polar surface area (TPSA) is 49.9 Å². The summed E-state index contributed by atoms with van der Waals surface area (Å²) in [6.45, 7) is 9.29. The smallest absolute Gasteiger partial charge is 0.306 e. The molecule has 122 valence electrons. The molecule has 0 unspecified atom stereocenters. The third-order valence-corrected chi connectivity index (χ3v) is 4.24. The van der Waals surface area contributed by atoms with Crippen LogP contribution in [0.25, 0.3) is 0 Å². The van der Waals surface area contributed by atoms with Crippen molar-refractivity contribution in [1.29, 1.82) is 0 Å². The first-order valence-corrected chi connectivity index (χ1v) is 8.07. The third kappa shape index (κ3) is 6.46. The van der Waals surface area contributed by atoms with Crippen LogP contribution in [0.4, 0.5) is 0 Å². The fourth-order valence-corrected chi connectivity index (χ4v) is 2.58. The number of carbonyl (C=O) groups is 2. The van der Waals surface area contributed by atoms with Gasteiger partial charge in [-0.15, -0.1) is 0 Å². The maximum absolute atomic E-state index is 12.1. The van der Waals surface area contributed by atoms with Gasteiger partial charge >= 0.3 is 5.97 Å². The molecule has 0 spiro atoms. The summed E-state index contributed by atoms with van der Waals surface area (Å²) in [7, 11) is 2.15. The highest BCUT2D eigenvalue weighted by molar-refractivity contribution is 5.81. The lowest BCUT2D eigenvalue weighted by molar-refractivity contribution is -0.146. The van der Waals surface area contributed by atoms with Crippen molar-refractivity contribution < 1.29 is 14.3 Å². The first-order chi connectivity index (χ1) is 9.93. The van der Waals surface area contributed by atoms with Gasteiger partial charge < -0.3 is 14.5 Å². The Balaban J connectivity index is 2.26. The van der Waals surface area contributed by atoms with Gasteiger partial charge in [0.2, 0.25) is 5.91 Å². The molecule has 0 aliphatic carbocycles. The summed E-state index contributed by atoms with van der Waals surface area (Å²) in [4.78, 5) is 27.6. The second-order valence-corrected chi connectivity index (χ2v) is 6.16. The van der Waals surface area contributed by atoms with Crippen molar-refractivity contribution in [2.75, 3.05) is 33.3 Å². The lowest BCUT2D eigenvalue weighted by atomic mass is 9.95. The zero-order chi connectivity index (χ0) is 15.8. The highest BCUT2D eigenvalue weighted by Crippen LogP contribution is 2.19. The fourth-order valence-electron chi connectivity index (χ4n) is 2.58. The number of carbonyl (C=O) groups excluding carboxylic acids is 2. The Morgan fingerprint density at radius 3 is 2.38 bits per heavy atom. The summed E-state index contributed by atoms with van der Waals surface area (Å²) < 4.78 is 4.85. The Kier molecular flexibility index (Phi) is 7.72. The second-order valence-electron chi connectivity index (χ2n) is 6.16. The molecule has 1 heterocycles. The van der Waals surface area contributed by atoms with E-state index < -0.39 is 0 Å². The molecule has 1 rings (SSSR count). The average Bonchev–Trinajstić information content (AvgIpc) is 2.45. The van der Waals surface area contributed by atoms with Gasteiger partial charge in [0.25, 0.3) is 0 Å². The molecule has 0 saturated carbocycles. The summed E-state index contributed by atoms with van der Waals surface area (Å²) in [5.41, 5.74) is 0. The molecule has 1 aliphatic rings. The lowest BCUT2D eigenvalue weighted by Gasteiger charge is -2.35. The Bertz CT molecular complexity index is 336. The Labute approximate surface area is 128 Å². The van der Waals surface area contributed by atoms with Crippen LogP contribution in [-0.2, 0) is 14.3 Å². The van der Waals surface area contributed by atoms with E-state index in [4.69, 9.17) is 4.74 Å². The van der Waals surface area contributed by atoms with Crippen molar-refractivity contribution in [3.8, 4) is 0 Å². The van der Waals surface area contributed by atoms with Gasteiger partial charge in [0.05, 0.1) is 13.0 Å². The predicted octanol–water partition coefficient (Wildman–Crippen LogP) is 1.91. The van der Waals surface area contributed by atoms with Crippen LogP contribution in [0.15, 0.2) is 0 Å². The van der Waals surface area contributed by atoms with Crippen LogP contribution < -0.4 is 0 Å². The van der Waals surface area contributed by atoms with Gasteiger partial charge in [-0.05, 0) is 46.6 Å². The van der Waals surface area contributed by atoms with E-state index in [1.807, 2.05) is 4.90 Å². The standard InChI is InChI=1S/C16H30N2O3/c1-5-21-16(20)7-6-15(19)18-10-8-14(9-11-18)12-17(4)13(2)3/h13-14H,5-12H2,1-4H3. The van der Waals surface area contributed by atoms with Crippen LogP contribution in [0.3, 0.4) is 0 Å². The average molecular weight is 298 g/mol. The van der Waals surface area contributed by atoms with Gasteiger partial charge in [-0.3, -0.25) is 9.59 Å². The number of hydrogen-bond acceptors (Lipinski definition) is 4. The van der Waals surface area contributed by atoms with E-state index in [0.29, 0.717) is 18.6 Å². The Morgan fingerprint density at radius 1 is 1.24 bits per heavy atom. The maximum atomic E-state index is 12.1. The van der Waals surface area contributed by atoms with Crippen LogP contribution in [0.2, 0.25) is 0 Å². The number of esters is 1. The Hall–Kier alpha value is -1.10. The van der Waals surface area contributed by atoms with E-state index in [9.17, 15) is 9.59 Å². The van der Waals surface area contributed by atoms with Crippen LogP contribution >= 0.6 is 0 Å². The third-order valence-electron chi connectivity index (χ3n) is 4.24. The molecule has 1 aliphatic heterocycles. The molecule has 5 nitrogen and oxygen atoms in total. The van der Waals surface area contributed by atoms with E-state index in [1.54, 1.807) is 6.92 Å². The molecule has 1 amide bonds. The first kappa shape index (κ1) is 18.0.